The van der Waals surface area contributed by atoms with E-state index in [1.165, 1.54) is 0 Å². The van der Waals surface area contributed by atoms with Gasteiger partial charge in [-0.05, 0) is 30.5 Å². The Morgan fingerprint density at radius 2 is 2.27 bits per heavy atom. The highest BCUT2D eigenvalue weighted by Crippen LogP contribution is 2.23. The number of amides is 1. The summed E-state index contributed by atoms with van der Waals surface area (Å²) < 4.78 is 7.07. The maximum Gasteiger partial charge on any atom is 0.253 e. The predicted octanol–water partition coefficient (Wildman–Crippen LogP) is 3.36. The summed E-state index contributed by atoms with van der Waals surface area (Å²) in [5, 5.41) is 8.08. The zero-order valence-electron chi connectivity index (χ0n) is 11.8. The van der Waals surface area contributed by atoms with Crippen LogP contribution in [0.4, 0.5) is 5.69 Å². The van der Waals surface area contributed by atoms with Crippen molar-refractivity contribution < 1.29 is 9.53 Å². The van der Waals surface area contributed by atoms with Crippen LogP contribution in [0.15, 0.2) is 30.6 Å². The first-order valence-corrected chi connectivity index (χ1v) is 7.76. The van der Waals surface area contributed by atoms with Crippen molar-refractivity contribution in [2.24, 2.45) is 0 Å². The molecule has 1 aliphatic rings. The second-order valence-electron chi connectivity index (χ2n) is 5.17. The van der Waals surface area contributed by atoms with Crippen molar-refractivity contribution in [1.82, 2.24) is 9.78 Å². The van der Waals surface area contributed by atoms with Crippen LogP contribution in [0.25, 0.3) is 0 Å². The Hall–Kier alpha value is -1.56. The number of nitrogens with zero attached hydrogens (tertiary/aromatic N) is 2. The van der Waals surface area contributed by atoms with Gasteiger partial charge in [-0.25, -0.2) is 0 Å². The topological polar surface area (TPSA) is 56.2 Å². The summed E-state index contributed by atoms with van der Waals surface area (Å²) in [5.74, 6) is -0.119. The van der Waals surface area contributed by atoms with Crippen molar-refractivity contribution in [3.63, 3.8) is 0 Å². The fourth-order valence-electron chi connectivity index (χ4n) is 2.35. The highest BCUT2D eigenvalue weighted by Gasteiger charge is 2.23. The van der Waals surface area contributed by atoms with Crippen molar-refractivity contribution in [2.75, 3.05) is 11.9 Å². The average molecular weight is 340 g/mol. The maximum atomic E-state index is 12.0. The van der Waals surface area contributed by atoms with Gasteiger partial charge in [-0.3, -0.25) is 9.48 Å². The molecule has 5 nitrogen and oxygen atoms in total. The third kappa shape index (κ3) is 3.61. The summed E-state index contributed by atoms with van der Waals surface area (Å²) in [6.45, 7) is 1.20. The predicted molar refractivity (Wildman–Crippen MR) is 85.4 cm³/mol. The largest absolute Gasteiger partial charge is 0.368 e. The van der Waals surface area contributed by atoms with Gasteiger partial charge in [0.05, 0.1) is 28.5 Å². The Labute approximate surface area is 138 Å². The number of hydrogen-bond donors (Lipinski definition) is 1. The molecule has 0 spiro atoms. The van der Waals surface area contributed by atoms with Gasteiger partial charge >= 0.3 is 0 Å². The minimum Gasteiger partial charge on any atom is -0.368 e. The van der Waals surface area contributed by atoms with Crippen LogP contribution < -0.4 is 5.32 Å². The number of hydrogen-bond acceptors (Lipinski definition) is 3. The summed E-state index contributed by atoms with van der Waals surface area (Å²) in [6, 6.07) is 5.44. The van der Waals surface area contributed by atoms with Gasteiger partial charge in [-0.1, -0.05) is 29.3 Å². The molecule has 0 saturated carbocycles. The van der Waals surface area contributed by atoms with E-state index in [2.05, 4.69) is 10.4 Å². The fraction of sp³-hybridized carbons (Fsp3) is 0.333. The molecule has 1 saturated heterocycles. The molecule has 116 valence electrons. The van der Waals surface area contributed by atoms with Crippen LogP contribution in [0.2, 0.25) is 10.0 Å². The highest BCUT2D eigenvalue weighted by molar-refractivity contribution is 6.42. The van der Waals surface area contributed by atoms with Gasteiger partial charge in [0.15, 0.2) is 0 Å². The lowest BCUT2D eigenvalue weighted by molar-refractivity contribution is -0.124. The molecule has 2 aromatic rings. The SMILES string of the molecule is O=C(Nc1cnn(Cc2ccc(Cl)c(Cl)c2)c1)[C@@H]1CCCO1. The number of halogens is 2. The van der Waals surface area contributed by atoms with Gasteiger partial charge in [0.1, 0.15) is 6.10 Å². The fourth-order valence-corrected chi connectivity index (χ4v) is 2.67. The van der Waals surface area contributed by atoms with Crippen molar-refractivity contribution in [3.8, 4) is 0 Å². The van der Waals surface area contributed by atoms with E-state index in [-0.39, 0.29) is 12.0 Å². The second-order valence-corrected chi connectivity index (χ2v) is 5.98. The maximum absolute atomic E-state index is 12.0. The molecule has 1 aromatic carbocycles. The molecule has 22 heavy (non-hydrogen) atoms. The smallest absolute Gasteiger partial charge is 0.253 e. The molecular formula is C15H15Cl2N3O2. The van der Waals surface area contributed by atoms with E-state index in [0.29, 0.717) is 28.9 Å². The van der Waals surface area contributed by atoms with E-state index in [1.54, 1.807) is 29.2 Å². The van der Waals surface area contributed by atoms with Crippen LogP contribution >= 0.6 is 23.2 Å². The molecule has 0 unspecified atom stereocenters. The molecule has 1 N–H and O–H groups in total. The zero-order valence-corrected chi connectivity index (χ0v) is 13.3. The van der Waals surface area contributed by atoms with Gasteiger partial charge in [0.25, 0.3) is 5.91 Å². The monoisotopic (exact) mass is 339 g/mol. The summed E-state index contributed by atoms with van der Waals surface area (Å²) >= 11 is 11.9. The number of carbonyl (C=O) groups is 1. The van der Waals surface area contributed by atoms with E-state index >= 15 is 0 Å². The molecule has 1 aliphatic heterocycles. The number of nitrogens with one attached hydrogen (secondary N) is 1. The Balaban J connectivity index is 1.63. The van der Waals surface area contributed by atoms with Gasteiger partial charge < -0.3 is 10.1 Å². The lowest BCUT2D eigenvalue weighted by atomic mass is 10.2. The number of carbonyl (C=O) groups excluding carboxylic acids is 1. The number of benzene rings is 1. The third-order valence-corrected chi connectivity index (χ3v) is 4.19. The Morgan fingerprint density at radius 3 is 3.00 bits per heavy atom. The highest BCUT2D eigenvalue weighted by atomic mass is 35.5. The van der Waals surface area contributed by atoms with Crippen LogP contribution in [0.3, 0.4) is 0 Å². The van der Waals surface area contributed by atoms with Crippen LogP contribution in [0, 0.1) is 0 Å². The molecule has 0 bridgehead atoms. The van der Waals surface area contributed by atoms with E-state index in [0.717, 1.165) is 18.4 Å². The van der Waals surface area contributed by atoms with Gasteiger partial charge in [0, 0.05) is 12.8 Å². The number of ether oxygens (including phenoxy) is 1. The van der Waals surface area contributed by atoms with E-state index in [4.69, 9.17) is 27.9 Å². The summed E-state index contributed by atoms with van der Waals surface area (Å²) in [6.07, 6.45) is 4.73. The van der Waals surface area contributed by atoms with Crippen LogP contribution in [-0.4, -0.2) is 28.4 Å². The normalized spacial score (nSPS) is 17.6. The van der Waals surface area contributed by atoms with Crippen molar-refractivity contribution >= 4 is 34.8 Å². The molecule has 2 heterocycles. The minimum absolute atomic E-state index is 0.119. The van der Waals surface area contributed by atoms with Gasteiger partial charge in [-0.2, -0.15) is 5.10 Å². The third-order valence-electron chi connectivity index (χ3n) is 3.45. The molecular weight excluding hydrogens is 325 g/mol. The number of rotatable bonds is 4. The van der Waals surface area contributed by atoms with E-state index in [1.807, 2.05) is 6.07 Å². The summed E-state index contributed by atoms with van der Waals surface area (Å²) in [7, 11) is 0. The molecule has 7 heteroatoms. The minimum atomic E-state index is -0.349. The zero-order chi connectivity index (χ0) is 15.5. The van der Waals surface area contributed by atoms with E-state index in [9.17, 15) is 4.79 Å². The second kappa shape index (κ2) is 6.69. The number of aromatic nitrogens is 2. The summed E-state index contributed by atoms with van der Waals surface area (Å²) in [4.78, 5) is 12.0. The van der Waals surface area contributed by atoms with E-state index < -0.39 is 0 Å². The first kappa shape index (κ1) is 15.3. The first-order chi connectivity index (χ1) is 10.6. The molecule has 1 atom stereocenters. The van der Waals surface area contributed by atoms with Gasteiger partial charge in [0.2, 0.25) is 0 Å². The van der Waals surface area contributed by atoms with Crippen molar-refractivity contribution in [3.05, 3.63) is 46.2 Å². The molecule has 0 aliphatic carbocycles. The van der Waals surface area contributed by atoms with Gasteiger partial charge in [-0.15, -0.1) is 0 Å². The van der Waals surface area contributed by atoms with Crippen molar-refractivity contribution in [2.45, 2.75) is 25.5 Å². The van der Waals surface area contributed by atoms with Crippen LogP contribution in [0.5, 0.6) is 0 Å². The lowest BCUT2D eigenvalue weighted by Gasteiger charge is -2.08. The van der Waals surface area contributed by atoms with Crippen molar-refractivity contribution in [1.29, 1.82) is 0 Å². The Bertz CT molecular complexity index is 681. The lowest BCUT2D eigenvalue weighted by Crippen LogP contribution is -2.26. The Kier molecular flexibility index (Phi) is 4.66. The first-order valence-electron chi connectivity index (χ1n) is 7.00. The molecule has 1 fully saturated rings. The molecule has 3 rings (SSSR count). The average Bonchev–Trinajstić information content (AvgIpc) is 3.15. The number of anilines is 1. The molecule has 0 radical (unpaired) electrons. The quantitative estimate of drug-likeness (QED) is 0.929. The molecule has 1 amide bonds. The molecule has 1 aromatic heterocycles. The summed E-state index contributed by atoms with van der Waals surface area (Å²) in [5.41, 5.74) is 1.63. The Morgan fingerprint density at radius 1 is 1.41 bits per heavy atom. The standard InChI is InChI=1S/C15H15Cl2N3O2/c16-12-4-3-10(6-13(12)17)8-20-9-11(7-18-20)19-15(21)14-2-1-5-22-14/h3-4,6-7,9,14H,1-2,5,8H2,(H,19,21)/t14-/m0/s1. The van der Waals surface area contributed by atoms with Crippen LogP contribution in [0.1, 0.15) is 18.4 Å². The van der Waals surface area contributed by atoms with Crippen LogP contribution in [-0.2, 0) is 16.1 Å².